The monoisotopic (exact) mass is 390 g/mol. The number of nitrogens with two attached hydrogens (primary N) is 1. The summed E-state index contributed by atoms with van der Waals surface area (Å²) in [5, 5.41) is 5.69. The molecule has 1 saturated heterocycles. The summed E-state index contributed by atoms with van der Waals surface area (Å²) in [5.41, 5.74) is 5.24. The smallest absolute Gasteiger partial charge is 0.252 e. The Hall–Kier alpha value is -2.42. The molecule has 2 amide bonds. The summed E-state index contributed by atoms with van der Waals surface area (Å²) in [6.07, 6.45) is 6.75. The molecule has 1 unspecified atom stereocenters. The van der Waals surface area contributed by atoms with Gasteiger partial charge in [-0.2, -0.15) is 0 Å². The number of nitrogens with one attached hydrogen (secondary N) is 3. The van der Waals surface area contributed by atoms with Crippen molar-refractivity contribution >= 4 is 17.6 Å². The average Bonchev–Trinajstić information content (AvgIpc) is 2.65. The number of carbonyl (C=O) groups excluding carboxylic acids is 2. The standard InChI is InChI=1S/C19H30N6O3/c20-15-11-18(27)24-16(23-15)6-7-21-17(26)10-14-19(28)22-8-9-25(14)12-13-4-2-1-3-5-13/h11,13-14H,1-10,12H2,(H,21,26)(H,22,28)(H3,20,23,24,27). The second kappa shape index (κ2) is 9.68. The van der Waals surface area contributed by atoms with E-state index >= 15 is 0 Å². The molecule has 1 aliphatic carbocycles. The highest BCUT2D eigenvalue weighted by Gasteiger charge is 2.33. The fourth-order valence-corrected chi connectivity index (χ4v) is 4.12. The first-order valence-electron chi connectivity index (χ1n) is 10.2. The highest BCUT2D eigenvalue weighted by atomic mass is 16.2. The van der Waals surface area contributed by atoms with Crippen LogP contribution < -0.4 is 21.9 Å². The molecule has 1 atom stereocenters. The summed E-state index contributed by atoms with van der Waals surface area (Å²) in [4.78, 5) is 44.9. The Morgan fingerprint density at radius 2 is 2.07 bits per heavy atom. The molecule has 2 fully saturated rings. The van der Waals surface area contributed by atoms with Crippen molar-refractivity contribution in [3.8, 4) is 0 Å². The molecule has 0 spiro atoms. The van der Waals surface area contributed by atoms with Gasteiger partial charge in [0.15, 0.2) is 0 Å². The van der Waals surface area contributed by atoms with Gasteiger partial charge in [-0.05, 0) is 18.8 Å². The SMILES string of the molecule is Nc1cc(=O)[nH]c(CCNC(=O)CC2C(=O)NCCN2CC2CCCCC2)n1. The zero-order valence-electron chi connectivity index (χ0n) is 16.2. The first-order valence-corrected chi connectivity index (χ1v) is 10.2. The first kappa shape index (κ1) is 20.3. The Kier molecular flexibility index (Phi) is 7.02. The van der Waals surface area contributed by atoms with Crippen LogP contribution in [0.1, 0.15) is 44.3 Å². The number of nitrogens with zero attached hydrogens (tertiary/aromatic N) is 2. The maximum absolute atomic E-state index is 12.4. The Balaban J connectivity index is 1.49. The second-order valence-electron chi connectivity index (χ2n) is 7.73. The predicted molar refractivity (Wildman–Crippen MR) is 106 cm³/mol. The van der Waals surface area contributed by atoms with E-state index in [1.807, 2.05) is 0 Å². The van der Waals surface area contributed by atoms with E-state index in [-0.39, 0.29) is 29.6 Å². The number of H-pyrrole nitrogens is 1. The number of hydrogen-bond acceptors (Lipinski definition) is 6. The Morgan fingerprint density at radius 1 is 1.29 bits per heavy atom. The highest BCUT2D eigenvalue weighted by Crippen LogP contribution is 2.25. The number of aromatic amines is 1. The largest absolute Gasteiger partial charge is 0.383 e. The van der Waals surface area contributed by atoms with Crippen LogP contribution in [0.15, 0.2) is 10.9 Å². The number of carbonyl (C=O) groups is 2. The van der Waals surface area contributed by atoms with Crippen molar-refractivity contribution < 1.29 is 9.59 Å². The molecule has 0 aromatic carbocycles. The van der Waals surface area contributed by atoms with Gasteiger partial charge in [-0.15, -0.1) is 0 Å². The summed E-state index contributed by atoms with van der Waals surface area (Å²) >= 11 is 0. The van der Waals surface area contributed by atoms with Crippen molar-refractivity contribution in [1.82, 2.24) is 25.5 Å². The first-order chi connectivity index (χ1) is 13.5. The van der Waals surface area contributed by atoms with Gasteiger partial charge in [0, 0.05) is 38.7 Å². The van der Waals surface area contributed by atoms with Crippen LogP contribution in [0.5, 0.6) is 0 Å². The van der Waals surface area contributed by atoms with Crippen molar-refractivity contribution in [2.24, 2.45) is 5.92 Å². The molecule has 1 aromatic heterocycles. The van der Waals surface area contributed by atoms with E-state index in [1.165, 1.54) is 38.2 Å². The summed E-state index contributed by atoms with van der Waals surface area (Å²) in [6, 6.07) is 0.797. The van der Waals surface area contributed by atoms with E-state index in [1.54, 1.807) is 0 Å². The van der Waals surface area contributed by atoms with Crippen LogP contribution >= 0.6 is 0 Å². The van der Waals surface area contributed by atoms with Gasteiger partial charge in [0.05, 0.1) is 12.5 Å². The van der Waals surface area contributed by atoms with E-state index in [0.717, 1.165) is 13.1 Å². The van der Waals surface area contributed by atoms with Crippen LogP contribution in [0.2, 0.25) is 0 Å². The van der Waals surface area contributed by atoms with Gasteiger partial charge in [-0.25, -0.2) is 4.98 Å². The lowest BCUT2D eigenvalue weighted by molar-refractivity contribution is -0.134. The lowest BCUT2D eigenvalue weighted by Gasteiger charge is -2.37. The van der Waals surface area contributed by atoms with Crippen molar-refractivity contribution in [2.45, 2.75) is 51.0 Å². The van der Waals surface area contributed by atoms with Gasteiger partial charge in [0.1, 0.15) is 11.6 Å². The van der Waals surface area contributed by atoms with Crippen LogP contribution in [0.25, 0.3) is 0 Å². The quantitative estimate of drug-likeness (QED) is 0.509. The van der Waals surface area contributed by atoms with Gasteiger partial charge < -0.3 is 21.4 Å². The number of rotatable bonds is 7. The lowest BCUT2D eigenvalue weighted by atomic mass is 9.88. The maximum atomic E-state index is 12.4. The van der Waals surface area contributed by atoms with Gasteiger partial charge in [0.2, 0.25) is 11.8 Å². The molecular formula is C19H30N6O3. The van der Waals surface area contributed by atoms with Crippen molar-refractivity contribution in [2.75, 3.05) is 31.9 Å². The van der Waals surface area contributed by atoms with E-state index in [2.05, 4.69) is 25.5 Å². The molecule has 0 radical (unpaired) electrons. The third kappa shape index (κ3) is 5.79. The van der Waals surface area contributed by atoms with Crippen LogP contribution in [0.3, 0.4) is 0 Å². The Morgan fingerprint density at radius 3 is 2.82 bits per heavy atom. The topological polar surface area (TPSA) is 133 Å². The fourth-order valence-electron chi connectivity index (χ4n) is 4.12. The molecule has 3 rings (SSSR count). The van der Waals surface area contributed by atoms with E-state index in [4.69, 9.17) is 5.73 Å². The number of aromatic nitrogens is 2. The lowest BCUT2D eigenvalue weighted by Crippen LogP contribution is -2.57. The summed E-state index contributed by atoms with van der Waals surface area (Å²) in [7, 11) is 0. The highest BCUT2D eigenvalue weighted by molar-refractivity contribution is 5.88. The van der Waals surface area contributed by atoms with Crippen LogP contribution in [0, 0.1) is 5.92 Å². The molecule has 2 heterocycles. The van der Waals surface area contributed by atoms with Gasteiger partial charge in [-0.1, -0.05) is 19.3 Å². The number of piperazine rings is 1. The molecular weight excluding hydrogens is 360 g/mol. The molecule has 28 heavy (non-hydrogen) atoms. The van der Waals surface area contributed by atoms with Crippen molar-refractivity contribution in [1.29, 1.82) is 0 Å². The van der Waals surface area contributed by atoms with Gasteiger partial charge in [-0.3, -0.25) is 19.3 Å². The normalized spacial score (nSPS) is 21.3. The molecule has 2 aliphatic rings. The summed E-state index contributed by atoms with van der Waals surface area (Å²) in [6.45, 7) is 2.63. The molecule has 154 valence electrons. The Bertz CT molecular complexity index is 743. The van der Waals surface area contributed by atoms with E-state index in [9.17, 15) is 14.4 Å². The predicted octanol–water partition coefficient (Wildman–Crippen LogP) is -0.218. The zero-order valence-corrected chi connectivity index (χ0v) is 16.2. The molecule has 1 aliphatic heterocycles. The van der Waals surface area contributed by atoms with Gasteiger partial charge >= 0.3 is 0 Å². The van der Waals surface area contributed by atoms with E-state index in [0.29, 0.717) is 31.3 Å². The molecule has 9 heteroatoms. The van der Waals surface area contributed by atoms with Crippen LogP contribution in [-0.2, 0) is 16.0 Å². The summed E-state index contributed by atoms with van der Waals surface area (Å²) < 4.78 is 0. The molecule has 5 N–H and O–H groups in total. The molecule has 1 aromatic rings. The number of hydrogen-bond donors (Lipinski definition) is 4. The number of nitrogen functional groups attached to an aromatic ring is 1. The number of anilines is 1. The number of amides is 2. The zero-order chi connectivity index (χ0) is 19.9. The minimum absolute atomic E-state index is 0.0703. The summed E-state index contributed by atoms with van der Waals surface area (Å²) in [5.74, 6) is 0.958. The van der Waals surface area contributed by atoms with Crippen LogP contribution in [0.4, 0.5) is 5.82 Å². The van der Waals surface area contributed by atoms with Crippen molar-refractivity contribution in [3.63, 3.8) is 0 Å². The van der Waals surface area contributed by atoms with E-state index < -0.39 is 6.04 Å². The Labute approximate surface area is 164 Å². The minimum atomic E-state index is -0.416. The van der Waals surface area contributed by atoms with Crippen molar-refractivity contribution in [3.05, 3.63) is 22.2 Å². The molecule has 9 nitrogen and oxygen atoms in total. The molecule has 1 saturated carbocycles. The maximum Gasteiger partial charge on any atom is 0.252 e. The van der Waals surface area contributed by atoms with Gasteiger partial charge in [0.25, 0.3) is 5.56 Å². The third-order valence-corrected chi connectivity index (χ3v) is 5.53. The van der Waals surface area contributed by atoms with Crippen LogP contribution in [-0.4, -0.2) is 58.9 Å². The second-order valence-corrected chi connectivity index (χ2v) is 7.73. The minimum Gasteiger partial charge on any atom is -0.383 e. The third-order valence-electron chi connectivity index (χ3n) is 5.53. The molecule has 0 bridgehead atoms. The fraction of sp³-hybridized carbons (Fsp3) is 0.684. The average molecular weight is 390 g/mol.